The number of aliphatic hydroxyl groups is 1. The van der Waals surface area contributed by atoms with Crippen molar-refractivity contribution < 1.29 is 18.3 Å². The summed E-state index contributed by atoms with van der Waals surface area (Å²) in [5.41, 5.74) is 4.31. The van der Waals surface area contributed by atoms with Gasteiger partial charge < -0.3 is 15.7 Å². The molecule has 0 bridgehead atoms. The van der Waals surface area contributed by atoms with Gasteiger partial charge in [0.05, 0.1) is 12.9 Å². The predicted octanol–water partition coefficient (Wildman–Crippen LogP) is -2.08. The van der Waals surface area contributed by atoms with Gasteiger partial charge in [-0.15, -0.1) is 0 Å². The number of nitrogens with one attached hydrogen (secondary N) is 1. The number of carbonyl (C=O) groups excluding carboxylic acids is 1. The van der Waals surface area contributed by atoms with E-state index in [1.165, 1.54) is 9.21 Å². The second-order valence-corrected chi connectivity index (χ2v) is 6.95. The van der Waals surface area contributed by atoms with Crippen LogP contribution in [0.25, 0.3) is 0 Å². The summed E-state index contributed by atoms with van der Waals surface area (Å²) in [4.78, 5) is 12.6. The summed E-state index contributed by atoms with van der Waals surface area (Å²) in [6, 6.07) is -0.958. The standard InChI is InChI=1S/C10H18N4O4S/c1-19(17,18)14-4-2-3-10(14)6-13(9(10)12)7(5-15)8(11)16/h7,12,15H,2-6H2,1H3,(H2,11,16)/t7-,10?/m0/s1. The van der Waals surface area contributed by atoms with Crippen LogP contribution >= 0.6 is 0 Å². The number of hydrogen-bond acceptors (Lipinski definition) is 5. The van der Waals surface area contributed by atoms with Gasteiger partial charge in [0.1, 0.15) is 17.4 Å². The third-order valence-electron chi connectivity index (χ3n) is 3.87. The number of sulfonamides is 1. The van der Waals surface area contributed by atoms with E-state index >= 15 is 0 Å². The number of aliphatic hydroxyl groups excluding tert-OH is 1. The Labute approximate surface area is 111 Å². The van der Waals surface area contributed by atoms with Crippen LogP contribution in [-0.4, -0.2) is 72.0 Å². The average Bonchev–Trinajstić information content (AvgIpc) is 2.74. The molecular weight excluding hydrogens is 272 g/mol. The average molecular weight is 290 g/mol. The maximum absolute atomic E-state index is 11.7. The number of primary amides is 1. The fraction of sp³-hybridized carbons (Fsp3) is 0.800. The summed E-state index contributed by atoms with van der Waals surface area (Å²) < 4.78 is 24.8. The summed E-state index contributed by atoms with van der Waals surface area (Å²) in [5.74, 6) is -0.667. The lowest BCUT2D eigenvalue weighted by atomic mass is 9.85. The monoisotopic (exact) mass is 290 g/mol. The third-order valence-corrected chi connectivity index (χ3v) is 5.20. The first-order chi connectivity index (χ1) is 8.74. The molecular formula is C10H18N4O4S. The summed E-state index contributed by atoms with van der Waals surface area (Å²) in [6.45, 7) is 0.134. The fourth-order valence-corrected chi connectivity index (χ4v) is 4.28. The zero-order chi connectivity index (χ0) is 14.4. The van der Waals surface area contributed by atoms with E-state index in [0.29, 0.717) is 19.4 Å². The maximum atomic E-state index is 11.7. The molecule has 0 aromatic rings. The van der Waals surface area contributed by atoms with Crippen LogP contribution in [0.4, 0.5) is 0 Å². The summed E-state index contributed by atoms with van der Waals surface area (Å²) in [5, 5.41) is 17.2. The van der Waals surface area contributed by atoms with Crippen LogP contribution in [0.1, 0.15) is 12.8 Å². The predicted molar refractivity (Wildman–Crippen MR) is 68.0 cm³/mol. The molecule has 2 heterocycles. The molecule has 1 amide bonds. The van der Waals surface area contributed by atoms with Gasteiger partial charge in [-0.05, 0) is 12.8 Å². The topological polar surface area (TPSA) is 128 Å². The van der Waals surface area contributed by atoms with Crippen molar-refractivity contribution in [3.05, 3.63) is 0 Å². The Bertz CT molecular complexity index is 520. The van der Waals surface area contributed by atoms with Crippen LogP contribution in [0.15, 0.2) is 0 Å². The highest BCUT2D eigenvalue weighted by atomic mass is 32.2. The molecule has 2 aliphatic rings. The number of amides is 1. The van der Waals surface area contributed by atoms with Gasteiger partial charge in [0.25, 0.3) is 0 Å². The highest BCUT2D eigenvalue weighted by Crippen LogP contribution is 2.41. The van der Waals surface area contributed by atoms with E-state index in [-0.39, 0.29) is 12.4 Å². The normalized spacial score (nSPS) is 29.6. The van der Waals surface area contributed by atoms with Crippen LogP contribution in [-0.2, 0) is 14.8 Å². The largest absolute Gasteiger partial charge is 0.394 e. The summed E-state index contributed by atoms with van der Waals surface area (Å²) in [6.07, 6.45) is 2.36. The van der Waals surface area contributed by atoms with Crippen molar-refractivity contribution in [2.24, 2.45) is 5.73 Å². The molecule has 108 valence electrons. The molecule has 9 heteroatoms. The molecule has 2 aliphatic heterocycles. The molecule has 2 atom stereocenters. The second-order valence-electron chi connectivity index (χ2n) is 5.05. The van der Waals surface area contributed by atoms with Crippen LogP contribution in [0.5, 0.6) is 0 Å². The van der Waals surface area contributed by atoms with Crippen molar-refractivity contribution in [1.82, 2.24) is 9.21 Å². The quantitative estimate of drug-likeness (QED) is 0.547. The highest BCUT2D eigenvalue weighted by molar-refractivity contribution is 7.88. The van der Waals surface area contributed by atoms with Crippen molar-refractivity contribution in [1.29, 1.82) is 5.41 Å². The van der Waals surface area contributed by atoms with Crippen molar-refractivity contribution >= 4 is 21.8 Å². The number of nitrogens with zero attached hydrogens (tertiary/aromatic N) is 2. The Kier molecular flexibility index (Phi) is 3.31. The number of likely N-dealkylation sites (tertiary alicyclic amines) is 1. The molecule has 0 radical (unpaired) electrons. The highest BCUT2D eigenvalue weighted by Gasteiger charge is 2.59. The maximum Gasteiger partial charge on any atom is 0.242 e. The molecule has 1 unspecified atom stereocenters. The number of rotatable bonds is 4. The van der Waals surface area contributed by atoms with Gasteiger partial charge in [0.2, 0.25) is 15.9 Å². The van der Waals surface area contributed by atoms with Gasteiger partial charge in [0.15, 0.2) is 0 Å². The minimum atomic E-state index is -3.39. The van der Waals surface area contributed by atoms with Crippen LogP contribution in [0, 0.1) is 5.41 Å². The molecule has 2 fully saturated rings. The fourth-order valence-electron chi connectivity index (χ4n) is 2.95. The second kappa shape index (κ2) is 4.43. The molecule has 8 nitrogen and oxygen atoms in total. The zero-order valence-electron chi connectivity index (χ0n) is 10.7. The van der Waals surface area contributed by atoms with Crippen molar-refractivity contribution in [3.8, 4) is 0 Å². The minimum Gasteiger partial charge on any atom is -0.394 e. The van der Waals surface area contributed by atoms with E-state index < -0.39 is 34.1 Å². The van der Waals surface area contributed by atoms with E-state index in [1.807, 2.05) is 0 Å². The van der Waals surface area contributed by atoms with Crippen LogP contribution < -0.4 is 5.73 Å². The molecule has 2 rings (SSSR count). The first kappa shape index (κ1) is 14.2. The van der Waals surface area contributed by atoms with Gasteiger partial charge in [0, 0.05) is 13.1 Å². The third kappa shape index (κ3) is 2.01. The van der Waals surface area contributed by atoms with Crippen molar-refractivity contribution in [2.75, 3.05) is 26.0 Å². The molecule has 0 aromatic carbocycles. The SMILES string of the molecule is CS(=O)(=O)N1CCCC12CN([C@@H](CO)C(N)=O)C2=N. The van der Waals surface area contributed by atoms with Gasteiger partial charge in [-0.3, -0.25) is 10.2 Å². The molecule has 1 spiro atoms. The van der Waals surface area contributed by atoms with Gasteiger partial charge >= 0.3 is 0 Å². The summed E-state index contributed by atoms with van der Waals surface area (Å²) >= 11 is 0. The lowest BCUT2D eigenvalue weighted by molar-refractivity contribution is -0.124. The van der Waals surface area contributed by atoms with E-state index in [0.717, 1.165) is 6.26 Å². The minimum absolute atomic E-state index is 0.0493. The van der Waals surface area contributed by atoms with Gasteiger partial charge in [-0.2, -0.15) is 4.31 Å². The van der Waals surface area contributed by atoms with E-state index in [9.17, 15) is 13.2 Å². The summed E-state index contributed by atoms with van der Waals surface area (Å²) in [7, 11) is -3.39. The number of carbonyl (C=O) groups is 1. The molecule has 0 saturated carbocycles. The van der Waals surface area contributed by atoms with E-state index in [4.69, 9.17) is 16.2 Å². The van der Waals surface area contributed by atoms with Crippen LogP contribution in [0.3, 0.4) is 0 Å². The first-order valence-corrected chi connectivity index (χ1v) is 7.82. The number of amidine groups is 1. The molecule has 2 saturated heterocycles. The zero-order valence-corrected chi connectivity index (χ0v) is 11.5. The lowest BCUT2D eigenvalue weighted by Gasteiger charge is -2.54. The Hall–Kier alpha value is -1.19. The van der Waals surface area contributed by atoms with Crippen molar-refractivity contribution in [3.63, 3.8) is 0 Å². The Balaban J connectivity index is 2.23. The Morgan fingerprint density at radius 3 is 2.68 bits per heavy atom. The first-order valence-electron chi connectivity index (χ1n) is 5.98. The van der Waals surface area contributed by atoms with E-state index in [1.54, 1.807) is 0 Å². The number of hydrogen-bond donors (Lipinski definition) is 3. The number of nitrogens with two attached hydrogens (primary N) is 1. The van der Waals surface area contributed by atoms with Gasteiger partial charge in [-0.1, -0.05) is 0 Å². The lowest BCUT2D eigenvalue weighted by Crippen LogP contribution is -2.75. The van der Waals surface area contributed by atoms with E-state index in [2.05, 4.69) is 0 Å². The molecule has 19 heavy (non-hydrogen) atoms. The molecule has 0 aromatic heterocycles. The molecule has 4 N–H and O–H groups in total. The van der Waals surface area contributed by atoms with Gasteiger partial charge in [-0.25, -0.2) is 8.42 Å². The van der Waals surface area contributed by atoms with Crippen LogP contribution in [0.2, 0.25) is 0 Å². The Morgan fingerprint density at radius 1 is 1.63 bits per heavy atom. The Morgan fingerprint density at radius 2 is 2.26 bits per heavy atom. The smallest absolute Gasteiger partial charge is 0.242 e. The molecule has 0 aliphatic carbocycles. The van der Waals surface area contributed by atoms with Crippen molar-refractivity contribution in [2.45, 2.75) is 24.4 Å².